The number of hydrogen-bond acceptors (Lipinski definition) is 7. The molecule has 1 aromatic heterocycles. The van der Waals surface area contributed by atoms with Crippen LogP contribution < -0.4 is 9.47 Å². The quantitative estimate of drug-likeness (QED) is 0.155. The summed E-state index contributed by atoms with van der Waals surface area (Å²) < 4.78 is 11.3. The van der Waals surface area contributed by atoms with Gasteiger partial charge in [0.05, 0.1) is 28.0 Å². The fraction of sp³-hybridized carbons (Fsp3) is 0.0833. The Labute approximate surface area is 193 Å². The Morgan fingerprint density at radius 3 is 2.67 bits per heavy atom. The number of non-ortho nitro benzene ring substituents is 1. The first-order chi connectivity index (χ1) is 16.1. The lowest BCUT2D eigenvalue weighted by molar-refractivity contribution is -0.384. The van der Waals surface area contributed by atoms with Crippen molar-refractivity contribution >= 4 is 34.6 Å². The Hall–Kier alpha value is -4.29. The average Bonchev–Trinajstić information content (AvgIpc) is 3.25. The third kappa shape index (κ3) is 5.31. The number of nitro benzene ring substituents is 1. The summed E-state index contributed by atoms with van der Waals surface area (Å²) in [6.45, 7) is 0.231. The minimum Gasteiger partial charge on any atom is -0.493 e. The van der Waals surface area contributed by atoms with Crippen LogP contribution in [0.5, 0.6) is 11.5 Å². The molecule has 4 rings (SSSR count). The number of ether oxygens (including phenoxy) is 2. The number of fused-ring (bicyclic) bond motifs is 1. The highest BCUT2D eigenvalue weighted by atomic mass is 32.2. The number of benzene rings is 3. The number of nitrogens with zero attached hydrogens (tertiary/aromatic N) is 3. The molecule has 33 heavy (non-hydrogen) atoms. The predicted octanol–water partition coefficient (Wildman–Crippen LogP) is 5.72. The Bertz CT molecular complexity index is 1340. The number of allylic oxidation sites excluding steroid dienone is 1. The maximum atomic E-state index is 10.8. The van der Waals surface area contributed by atoms with Gasteiger partial charge in [0, 0.05) is 12.1 Å². The summed E-state index contributed by atoms with van der Waals surface area (Å²) in [7, 11) is 1.54. The highest BCUT2D eigenvalue weighted by Crippen LogP contribution is 2.32. The Kier molecular flexibility index (Phi) is 6.57. The minimum atomic E-state index is -0.443. The first kappa shape index (κ1) is 21.9. The van der Waals surface area contributed by atoms with E-state index in [1.54, 1.807) is 30.3 Å². The van der Waals surface area contributed by atoms with E-state index in [1.165, 1.54) is 31.0 Å². The normalized spacial score (nSPS) is 11.2. The molecule has 4 aromatic rings. The minimum absolute atomic E-state index is 0.0290. The third-order valence-electron chi connectivity index (χ3n) is 4.71. The monoisotopic (exact) mass is 458 g/mol. The van der Waals surface area contributed by atoms with Gasteiger partial charge in [0.15, 0.2) is 16.7 Å². The number of rotatable bonds is 8. The molecule has 0 aliphatic rings. The number of nitriles is 1. The van der Waals surface area contributed by atoms with E-state index in [4.69, 9.17) is 9.47 Å². The highest BCUT2D eigenvalue weighted by Gasteiger charge is 2.10. The summed E-state index contributed by atoms with van der Waals surface area (Å²) in [5.74, 6) is 1.04. The molecule has 9 heteroatoms. The lowest BCUT2D eigenvalue weighted by Gasteiger charge is -2.11. The lowest BCUT2D eigenvalue weighted by Crippen LogP contribution is -1.98. The Morgan fingerprint density at radius 2 is 1.97 bits per heavy atom. The number of nitrogens with one attached hydrogen (secondary N) is 1. The molecular weight excluding hydrogens is 440 g/mol. The fourth-order valence-corrected chi connectivity index (χ4v) is 3.84. The number of methoxy groups -OCH3 is 1. The molecule has 0 aliphatic carbocycles. The number of thioether (sulfide) groups is 1. The molecule has 0 radical (unpaired) electrons. The zero-order chi connectivity index (χ0) is 23.2. The van der Waals surface area contributed by atoms with E-state index in [2.05, 4.69) is 16.0 Å². The summed E-state index contributed by atoms with van der Waals surface area (Å²) in [5, 5.41) is 21.0. The van der Waals surface area contributed by atoms with E-state index < -0.39 is 4.92 Å². The van der Waals surface area contributed by atoms with Crippen LogP contribution in [0.25, 0.3) is 17.1 Å². The van der Waals surface area contributed by atoms with Gasteiger partial charge in [-0.25, -0.2) is 4.98 Å². The van der Waals surface area contributed by atoms with E-state index in [-0.39, 0.29) is 12.3 Å². The van der Waals surface area contributed by atoms with E-state index in [0.29, 0.717) is 21.6 Å². The summed E-state index contributed by atoms with van der Waals surface area (Å²) in [4.78, 5) is 18.5. The van der Waals surface area contributed by atoms with Crippen LogP contribution in [0.2, 0.25) is 0 Å². The first-order valence-corrected chi connectivity index (χ1v) is 10.7. The van der Waals surface area contributed by atoms with Gasteiger partial charge in [-0.15, -0.1) is 0 Å². The molecule has 0 spiro atoms. The number of para-hydroxylation sites is 2. The topological polar surface area (TPSA) is 114 Å². The van der Waals surface area contributed by atoms with Crippen LogP contribution >= 0.6 is 11.8 Å². The summed E-state index contributed by atoms with van der Waals surface area (Å²) in [6.07, 6.45) is 1.75. The molecule has 0 amide bonds. The van der Waals surface area contributed by atoms with Crippen LogP contribution in [-0.4, -0.2) is 22.0 Å². The molecule has 164 valence electrons. The van der Waals surface area contributed by atoms with E-state index >= 15 is 0 Å². The number of imidazole rings is 1. The molecule has 0 atom stereocenters. The van der Waals surface area contributed by atoms with Crippen LogP contribution in [0.1, 0.15) is 11.1 Å². The molecule has 0 aliphatic heterocycles. The van der Waals surface area contributed by atoms with Crippen LogP contribution in [-0.2, 0) is 6.61 Å². The molecule has 0 saturated heterocycles. The van der Waals surface area contributed by atoms with Crippen molar-refractivity contribution in [3.63, 3.8) is 0 Å². The second-order valence-electron chi connectivity index (χ2n) is 6.90. The second kappa shape index (κ2) is 9.89. The first-order valence-electron chi connectivity index (χ1n) is 9.84. The van der Waals surface area contributed by atoms with Gasteiger partial charge in [-0.2, -0.15) is 5.26 Å². The van der Waals surface area contributed by atoms with Gasteiger partial charge in [0.1, 0.15) is 12.7 Å². The number of hydrogen-bond donors (Lipinski definition) is 1. The summed E-state index contributed by atoms with van der Waals surface area (Å²) in [6, 6.07) is 21.4. The average molecular weight is 458 g/mol. The summed E-state index contributed by atoms with van der Waals surface area (Å²) in [5.41, 5.74) is 3.35. The van der Waals surface area contributed by atoms with Crippen LogP contribution in [0, 0.1) is 21.4 Å². The summed E-state index contributed by atoms with van der Waals surface area (Å²) >= 11 is 1.25. The molecule has 3 aromatic carbocycles. The number of H-pyrrole nitrogens is 1. The van der Waals surface area contributed by atoms with Crippen molar-refractivity contribution in [1.29, 1.82) is 5.26 Å². The lowest BCUT2D eigenvalue weighted by atomic mass is 10.2. The molecule has 1 N–H and O–H groups in total. The fourth-order valence-electron chi connectivity index (χ4n) is 3.09. The smallest absolute Gasteiger partial charge is 0.269 e. The van der Waals surface area contributed by atoms with Gasteiger partial charge >= 0.3 is 0 Å². The van der Waals surface area contributed by atoms with Gasteiger partial charge in [-0.3, -0.25) is 10.1 Å². The van der Waals surface area contributed by atoms with Gasteiger partial charge < -0.3 is 14.5 Å². The van der Waals surface area contributed by atoms with Crippen molar-refractivity contribution in [1.82, 2.24) is 9.97 Å². The van der Waals surface area contributed by atoms with Crippen LogP contribution in [0.4, 0.5) is 5.69 Å². The van der Waals surface area contributed by atoms with Crippen molar-refractivity contribution in [3.05, 3.63) is 92.9 Å². The van der Waals surface area contributed by atoms with Crippen molar-refractivity contribution in [2.45, 2.75) is 11.8 Å². The van der Waals surface area contributed by atoms with Gasteiger partial charge in [-0.05, 0) is 65.4 Å². The maximum absolute atomic E-state index is 10.8. The van der Waals surface area contributed by atoms with E-state index in [0.717, 1.165) is 22.2 Å². The Morgan fingerprint density at radius 1 is 1.18 bits per heavy atom. The number of aromatic amines is 1. The highest BCUT2D eigenvalue weighted by molar-refractivity contribution is 8.03. The number of aromatic nitrogens is 2. The molecule has 0 saturated carbocycles. The molecule has 0 bridgehead atoms. The van der Waals surface area contributed by atoms with Gasteiger partial charge in [0.2, 0.25) is 0 Å². The predicted molar refractivity (Wildman–Crippen MR) is 126 cm³/mol. The zero-order valence-electron chi connectivity index (χ0n) is 17.5. The standard InChI is InChI=1S/C24H18N4O4S/c1-31-23-13-17(8-11-22(23)32-15-16-6-9-18(10-7-16)28(29)30)12-19(14-25)33-24-26-20-4-2-3-5-21(20)27-24/h2-13H,15H2,1H3,(H,26,27)/b19-12+. The van der Waals surface area contributed by atoms with Crippen molar-refractivity contribution < 1.29 is 14.4 Å². The second-order valence-corrected chi connectivity index (χ2v) is 7.93. The Balaban J connectivity index is 1.48. The molecule has 8 nitrogen and oxygen atoms in total. The molecule has 0 unspecified atom stereocenters. The van der Waals surface area contributed by atoms with Gasteiger partial charge in [0.25, 0.3) is 5.69 Å². The van der Waals surface area contributed by atoms with Gasteiger partial charge in [-0.1, -0.05) is 18.2 Å². The maximum Gasteiger partial charge on any atom is 0.269 e. The number of nitro groups is 1. The molecular formula is C24H18N4O4S. The van der Waals surface area contributed by atoms with Crippen molar-refractivity contribution in [3.8, 4) is 17.6 Å². The SMILES string of the molecule is COc1cc(/C=C(\C#N)Sc2nc3ccccc3[nH]2)ccc1OCc1ccc([N+](=O)[O-])cc1. The van der Waals surface area contributed by atoms with Crippen LogP contribution in [0.3, 0.4) is 0 Å². The van der Waals surface area contributed by atoms with Crippen molar-refractivity contribution in [2.24, 2.45) is 0 Å². The largest absolute Gasteiger partial charge is 0.493 e. The zero-order valence-corrected chi connectivity index (χ0v) is 18.3. The van der Waals surface area contributed by atoms with E-state index in [1.807, 2.05) is 30.3 Å². The van der Waals surface area contributed by atoms with Crippen molar-refractivity contribution in [2.75, 3.05) is 7.11 Å². The molecule has 1 heterocycles. The van der Waals surface area contributed by atoms with Crippen LogP contribution in [0.15, 0.2) is 76.8 Å². The van der Waals surface area contributed by atoms with E-state index in [9.17, 15) is 15.4 Å². The molecule has 0 fully saturated rings. The third-order valence-corrected chi connectivity index (χ3v) is 5.53.